The molecule has 10 heteroatoms. The van der Waals surface area contributed by atoms with Crippen LogP contribution in [0.5, 0.6) is 0 Å². The molecule has 0 aromatic carbocycles. The number of fused-ring (bicyclic) bond motifs is 4. The largest absolute Gasteiger partial charge is 0.408 e. The van der Waals surface area contributed by atoms with E-state index >= 15 is 0 Å². The number of ether oxygens (including phenoxy) is 1. The van der Waals surface area contributed by atoms with Gasteiger partial charge in [0.1, 0.15) is 24.1 Å². The Labute approximate surface area is 222 Å². The van der Waals surface area contributed by atoms with Crippen LogP contribution in [0.2, 0.25) is 36.3 Å². The average Bonchev–Trinajstić information content (AvgIpc) is 3.67. The Kier molecular flexibility index (Phi) is 6.36. The topological polar surface area (TPSA) is 109 Å². The van der Waals surface area contributed by atoms with Crippen LogP contribution in [0.3, 0.4) is 0 Å². The lowest BCUT2D eigenvalue weighted by atomic mass is 10.0. The lowest BCUT2D eigenvalue weighted by Crippen LogP contribution is -2.55. The maximum Gasteiger partial charge on any atom is 0.351 e. The van der Waals surface area contributed by atoms with Gasteiger partial charge in [0.05, 0.1) is 6.61 Å². The van der Waals surface area contributed by atoms with E-state index < -0.39 is 46.9 Å². The van der Waals surface area contributed by atoms with Crippen LogP contribution in [-0.2, 0) is 13.6 Å². The van der Waals surface area contributed by atoms with Crippen molar-refractivity contribution >= 4 is 22.5 Å². The Hall–Kier alpha value is -1.05. The molecule has 5 fully saturated rings. The first-order chi connectivity index (χ1) is 17.5. The number of aliphatic hydroxyl groups excluding tert-OH is 1. The van der Waals surface area contributed by atoms with E-state index in [0.717, 1.165) is 11.8 Å². The Morgan fingerprint density at radius 2 is 1.51 bits per heavy atom. The summed E-state index contributed by atoms with van der Waals surface area (Å²) < 4.78 is 22.4. The van der Waals surface area contributed by atoms with Gasteiger partial charge in [0.25, 0.3) is 0 Å². The van der Waals surface area contributed by atoms with Crippen LogP contribution >= 0.6 is 0 Å². The molecule has 4 atom stereocenters. The Bertz CT molecular complexity index is 1080. The molecule has 6 rings (SSSR count). The van der Waals surface area contributed by atoms with Gasteiger partial charge < -0.3 is 24.4 Å². The summed E-state index contributed by atoms with van der Waals surface area (Å²) in [5, 5.41) is 11.0. The third-order valence-electron chi connectivity index (χ3n) is 11.5. The molecule has 0 amide bonds. The van der Waals surface area contributed by atoms with Crippen molar-refractivity contribution in [1.82, 2.24) is 9.55 Å². The highest BCUT2D eigenvalue weighted by atomic mass is 28.4. The first kappa shape index (κ1) is 26.2. The molecule has 4 aliphatic carbocycles. The lowest BCUT2D eigenvalue weighted by molar-refractivity contribution is -0.0530. The summed E-state index contributed by atoms with van der Waals surface area (Å²) >= 11 is 0. The molecule has 1 aromatic heterocycles. The molecular formula is C27H45N3O5Si2. The Morgan fingerprint density at radius 3 is 1.95 bits per heavy atom. The molecule has 4 bridgehead atoms. The molecule has 206 valence electrons. The second kappa shape index (κ2) is 8.99. The second-order valence-electron chi connectivity index (χ2n) is 13.8. The van der Waals surface area contributed by atoms with Crippen molar-refractivity contribution in [2.75, 3.05) is 12.3 Å². The van der Waals surface area contributed by atoms with Gasteiger partial charge in [-0.05, 0) is 92.7 Å². The monoisotopic (exact) mass is 547 g/mol. The van der Waals surface area contributed by atoms with E-state index in [0.29, 0.717) is 0 Å². The van der Waals surface area contributed by atoms with Gasteiger partial charge in [-0.2, -0.15) is 4.98 Å². The number of nitrogen functional groups attached to an aromatic ring is 1. The summed E-state index contributed by atoms with van der Waals surface area (Å²) in [6.45, 7) is 9.25. The number of rotatable bonds is 8. The van der Waals surface area contributed by atoms with Gasteiger partial charge in [-0.25, -0.2) is 4.79 Å². The second-order valence-corrected chi connectivity index (χ2v) is 22.5. The number of nitrogens with two attached hydrogens (primary N) is 1. The maximum atomic E-state index is 13.0. The maximum absolute atomic E-state index is 13.0. The first-order valence-electron chi connectivity index (χ1n) is 14.4. The number of nitrogens with zero attached hydrogens (tertiary/aromatic N) is 2. The molecule has 1 aromatic rings. The fourth-order valence-corrected chi connectivity index (χ4v) is 15.9. The van der Waals surface area contributed by atoms with Crippen molar-refractivity contribution in [2.45, 2.75) is 125 Å². The third-order valence-corrected chi connectivity index (χ3v) is 19.7. The van der Waals surface area contributed by atoms with Gasteiger partial charge in [0.15, 0.2) is 22.9 Å². The van der Waals surface area contributed by atoms with Crippen LogP contribution < -0.4 is 11.4 Å². The number of anilines is 1. The zero-order chi connectivity index (χ0) is 26.2. The summed E-state index contributed by atoms with van der Waals surface area (Å²) in [4.78, 5) is 16.9. The van der Waals surface area contributed by atoms with Crippen molar-refractivity contribution in [3.8, 4) is 0 Å². The van der Waals surface area contributed by atoms with E-state index in [2.05, 4.69) is 31.2 Å². The van der Waals surface area contributed by atoms with E-state index in [1.807, 2.05) is 0 Å². The third kappa shape index (κ3) is 4.12. The highest BCUT2D eigenvalue weighted by Gasteiger charge is 2.62. The zero-order valence-electron chi connectivity index (χ0n) is 22.9. The van der Waals surface area contributed by atoms with E-state index in [1.54, 1.807) is 12.3 Å². The standard InChI is InChI=1S/C27H45N3O5Si2/c1-36(2,26-10-5-18(15-26)6-11-26)34-22-20(17-31)33-24(30-14-9-21(28)29-25(30)32)23(22)35-37(3,4)27-12-7-19(16-27)8-13-27/h9,14,18-20,22-24,31H,5-8,10-13,15-17H2,1-4H3,(H2,28,29,32). The highest BCUT2D eigenvalue weighted by molar-refractivity contribution is 6.75. The minimum Gasteiger partial charge on any atom is -0.408 e. The van der Waals surface area contributed by atoms with Crippen LogP contribution in [0.15, 0.2) is 17.1 Å². The predicted octanol–water partition coefficient (Wildman–Crippen LogP) is 4.56. The smallest absolute Gasteiger partial charge is 0.351 e. The van der Waals surface area contributed by atoms with Crippen molar-refractivity contribution in [2.24, 2.45) is 11.8 Å². The molecule has 2 heterocycles. The fraction of sp³-hybridized carbons (Fsp3) is 0.852. The van der Waals surface area contributed by atoms with Crippen molar-refractivity contribution in [3.63, 3.8) is 0 Å². The molecule has 5 aliphatic rings. The van der Waals surface area contributed by atoms with Gasteiger partial charge >= 0.3 is 5.69 Å². The summed E-state index contributed by atoms with van der Waals surface area (Å²) in [6.07, 6.45) is 12.2. The zero-order valence-corrected chi connectivity index (χ0v) is 24.9. The van der Waals surface area contributed by atoms with Crippen LogP contribution in [0.25, 0.3) is 0 Å². The number of aliphatic hydroxyl groups is 1. The van der Waals surface area contributed by atoms with Gasteiger partial charge in [0.2, 0.25) is 0 Å². The van der Waals surface area contributed by atoms with Gasteiger partial charge in [-0.15, -0.1) is 0 Å². The van der Waals surface area contributed by atoms with E-state index in [9.17, 15) is 9.90 Å². The van der Waals surface area contributed by atoms with Gasteiger partial charge in [-0.1, -0.05) is 25.7 Å². The molecule has 1 aliphatic heterocycles. The molecule has 3 N–H and O–H groups in total. The van der Waals surface area contributed by atoms with Crippen LogP contribution in [-0.4, -0.2) is 56.2 Å². The quantitative estimate of drug-likeness (QED) is 0.459. The van der Waals surface area contributed by atoms with Crippen LogP contribution in [0, 0.1) is 11.8 Å². The number of hydrogen-bond acceptors (Lipinski definition) is 7. The van der Waals surface area contributed by atoms with Gasteiger partial charge in [0, 0.05) is 6.20 Å². The molecule has 0 spiro atoms. The molecule has 0 radical (unpaired) electrons. The van der Waals surface area contributed by atoms with E-state index in [-0.39, 0.29) is 22.5 Å². The minimum atomic E-state index is -2.24. The summed E-state index contributed by atoms with van der Waals surface area (Å²) in [7, 11) is -4.44. The Morgan fingerprint density at radius 1 is 1.00 bits per heavy atom. The molecule has 8 nitrogen and oxygen atoms in total. The lowest BCUT2D eigenvalue weighted by Gasteiger charge is -2.47. The van der Waals surface area contributed by atoms with E-state index in [1.165, 1.54) is 68.8 Å². The SMILES string of the molecule is C[Si](C)(OC1C(CO)OC(n2ccc(N)nc2=O)C1O[Si](C)(C)C12CCC(CC1)C2)C12CCC(CC1)C2. The molecule has 37 heavy (non-hydrogen) atoms. The normalized spacial score (nSPS) is 41.2. The van der Waals surface area contributed by atoms with Crippen molar-refractivity contribution < 1.29 is 18.7 Å². The molecule has 4 unspecified atom stereocenters. The van der Waals surface area contributed by atoms with E-state index in [4.69, 9.17) is 19.3 Å². The number of aromatic nitrogens is 2. The van der Waals surface area contributed by atoms with Crippen molar-refractivity contribution in [1.29, 1.82) is 0 Å². The average molecular weight is 548 g/mol. The van der Waals surface area contributed by atoms with Crippen LogP contribution in [0.4, 0.5) is 5.82 Å². The summed E-state index contributed by atoms with van der Waals surface area (Å²) in [5.41, 5.74) is 5.35. The first-order valence-corrected chi connectivity index (χ1v) is 20.3. The van der Waals surface area contributed by atoms with Crippen LogP contribution in [0.1, 0.15) is 70.4 Å². The predicted molar refractivity (Wildman–Crippen MR) is 147 cm³/mol. The minimum absolute atomic E-state index is 0.173. The number of hydrogen-bond donors (Lipinski definition) is 2. The molecular weight excluding hydrogens is 502 g/mol. The summed E-state index contributed by atoms with van der Waals surface area (Å²) in [5.74, 6) is 1.85. The summed E-state index contributed by atoms with van der Waals surface area (Å²) in [6, 6.07) is 1.62. The molecule has 4 saturated carbocycles. The van der Waals surface area contributed by atoms with Crippen molar-refractivity contribution in [3.05, 3.63) is 22.7 Å². The fourth-order valence-electron chi connectivity index (χ4n) is 8.97. The highest BCUT2D eigenvalue weighted by Crippen LogP contribution is 2.66. The molecule has 1 saturated heterocycles. The Balaban J connectivity index is 1.36. The van der Waals surface area contributed by atoms with Gasteiger partial charge in [-0.3, -0.25) is 4.57 Å².